The second kappa shape index (κ2) is 10.2. The number of hydrogen-bond acceptors (Lipinski definition) is 6. The summed E-state index contributed by atoms with van der Waals surface area (Å²) in [5.74, 6) is 0.484. The Morgan fingerprint density at radius 1 is 1.00 bits per heavy atom. The highest BCUT2D eigenvalue weighted by atomic mass is 16.5. The van der Waals surface area contributed by atoms with Crippen LogP contribution in [0.3, 0.4) is 0 Å². The molecule has 0 spiro atoms. The van der Waals surface area contributed by atoms with Gasteiger partial charge in [0, 0.05) is 35.5 Å². The number of pyridine rings is 2. The maximum Gasteiger partial charge on any atom is 0.355 e. The molecule has 0 aliphatic heterocycles. The highest BCUT2D eigenvalue weighted by molar-refractivity contribution is 5.95. The topological polar surface area (TPSA) is 111 Å². The molecule has 1 unspecified atom stereocenters. The van der Waals surface area contributed by atoms with Gasteiger partial charge in [-0.05, 0) is 91.8 Å². The molecule has 4 bridgehead atoms. The first-order valence-electron chi connectivity index (χ1n) is 14.6. The second-order valence-corrected chi connectivity index (χ2v) is 12.3. The number of esters is 1. The van der Waals surface area contributed by atoms with Crippen LogP contribution in [-0.2, 0) is 11.2 Å². The van der Waals surface area contributed by atoms with Gasteiger partial charge in [0.15, 0.2) is 5.43 Å². The number of rotatable bonds is 6. The summed E-state index contributed by atoms with van der Waals surface area (Å²) in [6.45, 7) is 0. The summed E-state index contributed by atoms with van der Waals surface area (Å²) < 4.78 is 6.84. The van der Waals surface area contributed by atoms with Crippen molar-refractivity contribution >= 4 is 22.9 Å². The first-order valence-corrected chi connectivity index (χ1v) is 14.6. The van der Waals surface area contributed by atoms with E-state index < -0.39 is 11.6 Å². The summed E-state index contributed by atoms with van der Waals surface area (Å²) in [4.78, 5) is 44.7. The van der Waals surface area contributed by atoms with Crippen molar-refractivity contribution < 1.29 is 19.4 Å². The van der Waals surface area contributed by atoms with Crippen LogP contribution in [0.1, 0.15) is 64.1 Å². The van der Waals surface area contributed by atoms with E-state index in [2.05, 4.69) is 10.3 Å². The summed E-state index contributed by atoms with van der Waals surface area (Å²) in [5.41, 5.74) is 2.00. The van der Waals surface area contributed by atoms with Gasteiger partial charge in [-0.15, -0.1) is 0 Å². The normalized spacial score (nSPS) is 25.9. The first kappa shape index (κ1) is 26.6. The second-order valence-electron chi connectivity index (χ2n) is 12.3. The molecule has 4 fully saturated rings. The molecular weight excluding hydrogens is 530 g/mol. The van der Waals surface area contributed by atoms with E-state index in [1.165, 1.54) is 7.11 Å². The van der Waals surface area contributed by atoms with Crippen LogP contribution in [0.4, 0.5) is 0 Å². The SMILES string of the molecule is COC(=O)c1c(Cc2ccc(C(=O)NC3[C@@H]4C[C@H]5C[C@H]3C[C@](O)(C5)C4)cc2)c(=O)c2cccnc2n1-c1ccccc1. The van der Waals surface area contributed by atoms with Gasteiger partial charge in [0.1, 0.15) is 11.3 Å². The van der Waals surface area contributed by atoms with E-state index in [0.29, 0.717) is 45.6 Å². The van der Waals surface area contributed by atoms with E-state index in [1.54, 1.807) is 35.0 Å². The number of aromatic nitrogens is 2. The molecule has 2 aromatic carbocycles. The fraction of sp³-hybridized carbons (Fsp3) is 0.353. The minimum absolute atomic E-state index is 0.0966. The quantitative estimate of drug-likeness (QED) is 0.336. The van der Waals surface area contributed by atoms with Gasteiger partial charge >= 0.3 is 5.97 Å². The molecule has 4 aliphatic rings. The molecule has 8 nitrogen and oxygen atoms in total. The maximum absolute atomic E-state index is 13.8. The highest BCUT2D eigenvalue weighted by Crippen LogP contribution is 2.55. The number of aliphatic hydroxyl groups is 1. The molecule has 2 aromatic heterocycles. The van der Waals surface area contributed by atoms with Gasteiger partial charge in [-0.3, -0.25) is 14.2 Å². The van der Waals surface area contributed by atoms with Crippen LogP contribution in [0.15, 0.2) is 77.7 Å². The van der Waals surface area contributed by atoms with Gasteiger partial charge in [0.2, 0.25) is 0 Å². The van der Waals surface area contributed by atoms with Crippen molar-refractivity contribution in [2.45, 2.75) is 50.2 Å². The molecule has 8 heteroatoms. The van der Waals surface area contributed by atoms with Gasteiger partial charge in [-0.25, -0.2) is 9.78 Å². The number of amides is 1. The number of nitrogens with one attached hydrogen (secondary N) is 1. The number of methoxy groups -OCH3 is 1. The molecule has 214 valence electrons. The maximum atomic E-state index is 13.8. The minimum atomic E-state index is -0.630. The van der Waals surface area contributed by atoms with Gasteiger partial charge in [0.05, 0.1) is 18.1 Å². The monoisotopic (exact) mass is 563 g/mol. The van der Waals surface area contributed by atoms with E-state index in [9.17, 15) is 19.5 Å². The fourth-order valence-corrected chi connectivity index (χ4v) is 8.00. The van der Waals surface area contributed by atoms with Crippen molar-refractivity contribution in [3.63, 3.8) is 0 Å². The molecular formula is C34H33N3O5. The van der Waals surface area contributed by atoms with E-state index in [1.807, 2.05) is 42.5 Å². The number of benzene rings is 2. The molecule has 5 atom stereocenters. The van der Waals surface area contributed by atoms with Crippen molar-refractivity contribution in [3.8, 4) is 5.69 Å². The predicted molar refractivity (Wildman–Crippen MR) is 158 cm³/mol. The zero-order valence-corrected chi connectivity index (χ0v) is 23.5. The molecule has 2 N–H and O–H groups in total. The summed E-state index contributed by atoms with van der Waals surface area (Å²) in [6.07, 6.45) is 6.37. The number of carbonyl (C=O) groups excluding carboxylic acids is 2. The van der Waals surface area contributed by atoms with Gasteiger partial charge in [-0.1, -0.05) is 30.3 Å². The number of ether oxygens (including phenoxy) is 1. The Labute approximate surface area is 243 Å². The van der Waals surface area contributed by atoms with Crippen LogP contribution in [0, 0.1) is 17.8 Å². The third-order valence-electron chi connectivity index (χ3n) is 9.56. The highest BCUT2D eigenvalue weighted by Gasteiger charge is 2.55. The Morgan fingerprint density at radius 2 is 1.71 bits per heavy atom. The van der Waals surface area contributed by atoms with Crippen LogP contribution in [0.5, 0.6) is 0 Å². The zero-order valence-electron chi connectivity index (χ0n) is 23.5. The van der Waals surface area contributed by atoms with Crippen LogP contribution in [0.25, 0.3) is 16.7 Å². The molecule has 4 saturated carbocycles. The van der Waals surface area contributed by atoms with E-state index in [-0.39, 0.29) is 29.5 Å². The Morgan fingerprint density at radius 3 is 2.38 bits per heavy atom. The van der Waals surface area contributed by atoms with E-state index in [0.717, 1.165) is 37.7 Å². The summed E-state index contributed by atoms with van der Waals surface area (Å²) in [7, 11) is 1.30. The van der Waals surface area contributed by atoms with Crippen LogP contribution >= 0.6 is 0 Å². The number of carbonyl (C=O) groups is 2. The largest absolute Gasteiger partial charge is 0.464 e. The Bertz CT molecular complexity index is 1730. The van der Waals surface area contributed by atoms with Gasteiger partial charge < -0.3 is 15.2 Å². The molecule has 0 radical (unpaired) electrons. The molecule has 1 amide bonds. The third kappa shape index (κ3) is 4.50. The van der Waals surface area contributed by atoms with Crippen LogP contribution in [-0.4, -0.2) is 45.3 Å². The van der Waals surface area contributed by atoms with E-state index in [4.69, 9.17) is 4.74 Å². The van der Waals surface area contributed by atoms with Gasteiger partial charge in [-0.2, -0.15) is 0 Å². The molecule has 4 aliphatic carbocycles. The molecule has 2 heterocycles. The first-order chi connectivity index (χ1) is 20.3. The number of nitrogens with zero attached hydrogens (tertiary/aromatic N) is 2. The molecule has 42 heavy (non-hydrogen) atoms. The van der Waals surface area contributed by atoms with Crippen molar-refractivity contribution in [3.05, 3.63) is 106 Å². The van der Waals surface area contributed by atoms with Crippen LogP contribution in [0.2, 0.25) is 0 Å². The third-order valence-corrected chi connectivity index (χ3v) is 9.56. The lowest BCUT2D eigenvalue weighted by molar-refractivity contribution is -0.136. The Kier molecular flexibility index (Phi) is 6.46. The standard InChI is InChI=1S/C34H33N3O5/c1-42-33(40)29-27(30(38)26-8-5-13-35-31(26)37(29)25-6-3-2-4-7-25)16-20-9-11-22(12-10-20)32(39)36-28-23-14-21-15-24(28)19-34(41,17-21)18-23/h2-13,21,23-24,28,41H,14-19H2,1H3,(H,36,39)/t21-,23+,24-,28?,34-. The summed E-state index contributed by atoms with van der Waals surface area (Å²) in [6, 6.07) is 20.0. The summed E-state index contributed by atoms with van der Waals surface area (Å²) >= 11 is 0. The molecule has 4 aromatic rings. The Hall–Kier alpha value is -4.30. The lowest BCUT2D eigenvalue weighted by Crippen LogP contribution is -2.61. The lowest BCUT2D eigenvalue weighted by atomic mass is 9.52. The summed E-state index contributed by atoms with van der Waals surface area (Å²) in [5, 5.41) is 14.6. The number of fused-ring (bicyclic) bond motifs is 1. The number of para-hydroxylation sites is 1. The van der Waals surface area contributed by atoms with Crippen LogP contribution < -0.4 is 10.7 Å². The smallest absolute Gasteiger partial charge is 0.355 e. The van der Waals surface area contributed by atoms with E-state index >= 15 is 0 Å². The predicted octanol–water partition coefficient (Wildman–Crippen LogP) is 4.43. The number of hydrogen-bond donors (Lipinski definition) is 2. The fourth-order valence-electron chi connectivity index (χ4n) is 8.00. The lowest BCUT2D eigenvalue weighted by Gasteiger charge is -2.58. The molecule has 8 rings (SSSR count). The average Bonchev–Trinajstić information content (AvgIpc) is 2.99. The zero-order chi connectivity index (χ0) is 29.0. The van der Waals surface area contributed by atoms with Crippen molar-refractivity contribution in [2.24, 2.45) is 17.8 Å². The average molecular weight is 564 g/mol. The Balaban J connectivity index is 1.20. The van der Waals surface area contributed by atoms with Crippen molar-refractivity contribution in [2.75, 3.05) is 7.11 Å². The molecule has 0 saturated heterocycles. The van der Waals surface area contributed by atoms with Crippen molar-refractivity contribution in [1.82, 2.24) is 14.9 Å². The van der Waals surface area contributed by atoms with Gasteiger partial charge in [0.25, 0.3) is 5.91 Å². The minimum Gasteiger partial charge on any atom is -0.464 e. The van der Waals surface area contributed by atoms with Crippen molar-refractivity contribution in [1.29, 1.82) is 0 Å².